The maximum absolute atomic E-state index is 12.7. The predicted octanol–water partition coefficient (Wildman–Crippen LogP) is 3.43. The number of rotatable bonds is 5. The summed E-state index contributed by atoms with van der Waals surface area (Å²) in [6, 6.07) is 16.9. The molecular weight excluding hydrogens is 376 g/mol. The molecule has 0 saturated carbocycles. The molecule has 1 amide bonds. The molecule has 2 aromatic carbocycles. The minimum Gasteiger partial charge on any atom is -0.398 e. The second kappa shape index (κ2) is 7.87. The van der Waals surface area contributed by atoms with E-state index in [1.165, 1.54) is 0 Å². The predicted molar refractivity (Wildman–Crippen MR) is 120 cm³/mol. The van der Waals surface area contributed by atoms with Gasteiger partial charge < -0.3 is 21.7 Å². The Balaban J connectivity index is 1.50. The van der Waals surface area contributed by atoms with E-state index in [9.17, 15) is 4.79 Å². The van der Waals surface area contributed by atoms with Crippen molar-refractivity contribution in [2.75, 3.05) is 16.4 Å². The first-order valence-corrected chi connectivity index (χ1v) is 9.76. The first kappa shape index (κ1) is 19.4. The molecule has 7 heteroatoms. The van der Waals surface area contributed by atoms with Crippen LogP contribution in [0.15, 0.2) is 60.8 Å². The number of nitrogens with two attached hydrogens (primary N) is 1. The van der Waals surface area contributed by atoms with Crippen molar-refractivity contribution in [3.8, 4) is 0 Å². The van der Waals surface area contributed by atoms with Crippen LogP contribution in [0.25, 0.3) is 0 Å². The number of aromatic nitrogens is 1. The number of hydrogen-bond donors (Lipinski definition) is 5. The highest BCUT2D eigenvalue weighted by Gasteiger charge is 2.28. The van der Waals surface area contributed by atoms with Gasteiger partial charge in [-0.3, -0.25) is 15.2 Å². The number of carbonyl (C=O) groups is 1. The lowest BCUT2D eigenvalue weighted by atomic mass is 10.00. The van der Waals surface area contributed by atoms with Crippen molar-refractivity contribution in [3.63, 3.8) is 0 Å². The molecule has 30 heavy (non-hydrogen) atoms. The van der Waals surface area contributed by atoms with Gasteiger partial charge in [-0.05, 0) is 43.7 Å². The molecule has 1 aliphatic rings. The molecule has 3 aromatic rings. The zero-order valence-electron chi connectivity index (χ0n) is 16.9. The van der Waals surface area contributed by atoms with Crippen LogP contribution in [0.4, 0.5) is 17.1 Å². The average molecular weight is 400 g/mol. The number of anilines is 3. The molecule has 1 aromatic heterocycles. The molecular formula is C23H24N6O. The van der Waals surface area contributed by atoms with E-state index in [-0.39, 0.29) is 11.9 Å². The van der Waals surface area contributed by atoms with Gasteiger partial charge in [-0.2, -0.15) is 0 Å². The zero-order chi connectivity index (χ0) is 21.3. The van der Waals surface area contributed by atoms with Crippen LogP contribution in [0.5, 0.6) is 0 Å². The smallest absolute Gasteiger partial charge is 0.263 e. The molecule has 0 radical (unpaired) electrons. The fraction of sp³-hybridized carbons (Fsp3) is 0.174. The molecule has 6 N–H and O–H groups in total. The lowest BCUT2D eigenvalue weighted by molar-refractivity contribution is -0.121. The Bertz CT molecular complexity index is 1110. The number of nitrogens with zero attached hydrogens (tertiary/aromatic N) is 1. The summed E-state index contributed by atoms with van der Waals surface area (Å²) in [4.78, 5) is 16.9. The SMILES string of the molecule is Cc1cc(C(=N)c2cc3c(cc2N)NC(C(=O)N[C@H](C)c2ccccc2)N3)ccn1. The lowest BCUT2D eigenvalue weighted by Gasteiger charge is -2.18. The number of pyridine rings is 1. The molecule has 1 aliphatic heterocycles. The van der Waals surface area contributed by atoms with Crippen molar-refractivity contribution >= 4 is 28.7 Å². The van der Waals surface area contributed by atoms with Crippen LogP contribution >= 0.6 is 0 Å². The zero-order valence-corrected chi connectivity index (χ0v) is 16.9. The molecule has 0 aliphatic carbocycles. The summed E-state index contributed by atoms with van der Waals surface area (Å²) in [6.07, 6.45) is 1.06. The molecule has 2 heterocycles. The minimum atomic E-state index is -0.613. The van der Waals surface area contributed by atoms with Gasteiger partial charge in [0.2, 0.25) is 0 Å². The standard InChI is InChI=1S/C23H24N6O/c1-13-10-16(8-9-26-13)21(25)17-11-19-20(12-18(17)24)29-22(28-19)23(30)27-14(2)15-6-4-3-5-7-15/h3-12,14,22,25,28-29H,24H2,1-2H3,(H,27,30)/t14-,22?/m1/s1. The van der Waals surface area contributed by atoms with E-state index in [2.05, 4.69) is 20.9 Å². The Labute approximate surface area is 175 Å². The van der Waals surface area contributed by atoms with E-state index < -0.39 is 6.17 Å². The van der Waals surface area contributed by atoms with Crippen LogP contribution in [-0.2, 0) is 4.79 Å². The largest absolute Gasteiger partial charge is 0.398 e. The molecule has 0 fully saturated rings. The van der Waals surface area contributed by atoms with Crippen LogP contribution in [-0.4, -0.2) is 22.8 Å². The number of nitrogens with one attached hydrogen (secondary N) is 4. The highest BCUT2D eigenvalue weighted by atomic mass is 16.2. The first-order chi connectivity index (χ1) is 14.4. The normalized spacial score (nSPS) is 15.5. The average Bonchev–Trinajstić information content (AvgIpc) is 3.16. The summed E-state index contributed by atoms with van der Waals surface area (Å²) in [5.41, 5.74) is 11.7. The minimum absolute atomic E-state index is 0.116. The maximum Gasteiger partial charge on any atom is 0.263 e. The van der Waals surface area contributed by atoms with Gasteiger partial charge in [0.05, 0.1) is 23.1 Å². The van der Waals surface area contributed by atoms with Crippen molar-refractivity contribution in [1.29, 1.82) is 5.41 Å². The quantitative estimate of drug-likeness (QED) is 0.332. The lowest BCUT2D eigenvalue weighted by Crippen LogP contribution is -2.42. The number of aryl methyl sites for hydroxylation is 1. The summed E-state index contributed by atoms with van der Waals surface area (Å²) in [7, 11) is 0. The van der Waals surface area contributed by atoms with Gasteiger partial charge in [0.1, 0.15) is 0 Å². The van der Waals surface area contributed by atoms with E-state index in [1.54, 1.807) is 18.3 Å². The monoisotopic (exact) mass is 400 g/mol. The van der Waals surface area contributed by atoms with Gasteiger partial charge >= 0.3 is 0 Å². The number of benzene rings is 2. The molecule has 7 nitrogen and oxygen atoms in total. The third-order valence-corrected chi connectivity index (χ3v) is 5.16. The van der Waals surface area contributed by atoms with Crippen molar-refractivity contribution in [2.45, 2.75) is 26.1 Å². The van der Waals surface area contributed by atoms with Crippen LogP contribution in [0.1, 0.15) is 35.3 Å². The van der Waals surface area contributed by atoms with E-state index in [1.807, 2.05) is 56.3 Å². The Kier molecular flexibility index (Phi) is 5.10. The summed E-state index contributed by atoms with van der Waals surface area (Å²) in [6.45, 7) is 3.83. The summed E-state index contributed by atoms with van der Waals surface area (Å²) >= 11 is 0. The highest BCUT2D eigenvalue weighted by Crippen LogP contribution is 2.34. The first-order valence-electron chi connectivity index (χ1n) is 9.76. The van der Waals surface area contributed by atoms with Gasteiger partial charge in [-0.25, -0.2) is 0 Å². The molecule has 0 bridgehead atoms. The fourth-order valence-electron chi connectivity index (χ4n) is 3.53. The number of carbonyl (C=O) groups excluding carboxylic acids is 1. The second-order valence-corrected chi connectivity index (χ2v) is 7.41. The maximum atomic E-state index is 12.7. The Morgan fingerprint density at radius 2 is 1.83 bits per heavy atom. The van der Waals surface area contributed by atoms with Crippen molar-refractivity contribution in [3.05, 3.63) is 83.2 Å². The fourth-order valence-corrected chi connectivity index (χ4v) is 3.53. The van der Waals surface area contributed by atoms with Crippen molar-refractivity contribution < 1.29 is 4.79 Å². The van der Waals surface area contributed by atoms with Gasteiger partial charge in [-0.15, -0.1) is 0 Å². The summed E-state index contributed by atoms with van der Waals surface area (Å²) < 4.78 is 0. The topological polar surface area (TPSA) is 116 Å². The van der Waals surface area contributed by atoms with E-state index in [4.69, 9.17) is 11.1 Å². The number of nitrogen functional groups attached to an aromatic ring is 1. The van der Waals surface area contributed by atoms with Crippen LogP contribution in [0.2, 0.25) is 0 Å². The third-order valence-electron chi connectivity index (χ3n) is 5.16. The summed E-state index contributed by atoms with van der Waals surface area (Å²) in [5.74, 6) is -0.164. The number of amides is 1. The molecule has 0 saturated heterocycles. The van der Waals surface area contributed by atoms with Crippen molar-refractivity contribution in [2.24, 2.45) is 0 Å². The van der Waals surface area contributed by atoms with Gasteiger partial charge in [0.25, 0.3) is 5.91 Å². The van der Waals surface area contributed by atoms with Crippen LogP contribution < -0.4 is 21.7 Å². The number of hydrogen-bond acceptors (Lipinski definition) is 6. The summed E-state index contributed by atoms with van der Waals surface area (Å²) in [5, 5.41) is 17.9. The van der Waals surface area contributed by atoms with Crippen LogP contribution in [0.3, 0.4) is 0 Å². The molecule has 152 valence electrons. The van der Waals surface area contributed by atoms with E-state index >= 15 is 0 Å². The van der Waals surface area contributed by atoms with E-state index in [0.29, 0.717) is 17.0 Å². The van der Waals surface area contributed by atoms with Gasteiger partial charge in [-0.1, -0.05) is 30.3 Å². The van der Waals surface area contributed by atoms with Gasteiger partial charge in [0.15, 0.2) is 6.17 Å². The number of fused-ring (bicyclic) bond motifs is 1. The molecule has 1 unspecified atom stereocenters. The van der Waals surface area contributed by atoms with Crippen LogP contribution in [0, 0.1) is 12.3 Å². The second-order valence-electron chi connectivity index (χ2n) is 7.41. The molecule has 2 atom stereocenters. The van der Waals surface area contributed by atoms with E-state index in [0.717, 1.165) is 28.2 Å². The third kappa shape index (κ3) is 3.82. The molecule has 0 spiro atoms. The Morgan fingerprint density at radius 1 is 1.13 bits per heavy atom. The van der Waals surface area contributed by atoms with Gasteiger partial charge in [0, 0.05) is 28.7 Å². The highest BCUT2D eigenvalue weighted by molar-refractivity contribution is 6.15. The Morgan fingerprint density at radius 3 is 2.53 bits per heavy atom. The van der Waals surface area contributed by atoms with Crippen molar-refractivity contribution in [1.82, 2.24) is 10.3 Å². The molecule has 4 rings (SSSR count). The Hall–Kier alpha value is -3.87.